The highest BCUT2D eigenvalue weighted by Crippen LogP contribution is 2.35. The molecular formula is C27H22BrNO7S. The number of para-hydroxylation sites is 2. The first-order chi connectivity index (χ1) is 17.9. The molecule has 0 aliphatic carbocycles. The van der Waals surface area contributed by atoms with Crippen LogP contribution in [0.4, 0.5) is 4.79 Å². The van der Waals surface area contributed by atoms with Gasteiger partial charge in [0.05, 0.1) is 31.2 Å². The summed E-state index contributed by atoms with van der Waals surface area (Å²) in [5.41, 5.74) is 0.977. The molecular weight excluding hydrogens is 562 g/mol. The van der Waals surface area contributed by atoms with Crippen molar-refractivity contribution in [2.45, 2.75) is 0 Å². The molecule has 0 N–H and O–H groups in total. The van der Waals surface area contributed by atoms with Crippen LogP contribution in [0.1, 0.15) is 15.9 Å². The van der Waals surface area contributed by atoms with E-state index in [0.29, 0.717) is 32.8 Å². The van der Waals surface area contributed by atoms with E-state index in [1.165, 1.54) is 14.2 Å². The van der Waals surface area contributed by atoms with E-state index in [1.807, 2.05) is 12.1 Å². The zero-order chi connectivity index (χ0) is 26.4. The number of carbonyl (C=O) groups excluding carboxylic acids is 3. The summed E-state index contributed by atoms with van der Waals surface area (Å²) < 4.78 is 22.4. The van der Waals surface area contributed by atoms with Gasteiger partial charge >= 0.3 is 5.97 Å². The van der Waals surface area contributed by atoms with Crippen molar-refractivity contribution in [3.8, 4) is 23.0 Å². The van der Waals surface area contributed by atoms with Crippen molar-refractivity contribution < 1.29 is 33.3 Å². The van der Waals surface area contributed by atoms with Gasteiger partial charge in [-0.05, 0) is 75.7 Å². The zero-order valence-electron chi connectivity index (χ0n) is 19.9. The van der Waals surface area contributed by atoms with Crippen LogP contribution in [0.15, 0.2) is 76.1 Å². The van der Waals surface area contributed by atoms with Crippen LogP contribution in [0.25, 0.3) is 6.08 Å². The second-order valence-corrected chi connectivity index (χ2v) is 9.46. The topological polar surface area (TPSA) is 91.4 Å². The number of methoxy groups -OCH3 is 2. The van der Waals surface area contributed by atoms with Crippen molar-refractivity contribution >= 4 is 50.9 Å². The molecule has 3 aromatic rings. The van der Waals surface area contributed by atoms with Gasteiger partial charge in [-0.1, -0.05) is 30.3 Å². The van der Waals surface area contributed by atoms with Gasteiger partial charge in [-0.2, -0.15) is 0 Å². The van der Waals surface area contributed by atoms with Crippen molar-refractivity contribution in [1.29, 1.82) is 0 Å². The number of esters is 1. The van der Waals surface area contributed by atoms with Crippen LogP contribution >= 0.6 is 27.7 Å². The SMILES string of the molecule is COc1ccccc1OCCN1C(=O)S/C(=C\c2ccc(OC(=O)c3ccccc3Br)c(OC)c2)C1=O. The fraction of sp³-hybridized carbons (Fsp3) is 0.148. The number of ether oxygens (including phenoxy) is 4. The Morgan fingerprint density at radius 2 is 1.62 bits per heavy atom. The molecule has 3 aromatic carbocycles. The molecule has 0 spiro atoms. The third-order valence-corrected chi connectivity index (χ3v) is 6.90. The van der Waals surface area contributed by atoms with Crippen LogP contribution in [0.2, 0.25) is 0 Å². The molecule has 4 rings (SSSR count). The van der Waals surface area contributed by atoms with E-state index >= 15 is 0 Å². The lowest BCUT2D eigenvalue weighted by Gasteiger charge is -2.14. The summed E-state index contributed by atoms with van der Waals surface area (Å²) in [6, 6.07) is 18.9. The van der Waals surface area contributed by atoms with E-state index in [1.54, 1.807) is 60.7 Å². The molecule has 1 aliphatic rings. The van der Waals surface area contributed by atoms with Crippen molar-refractivity contribution in [3.05, 3.63) is 87.2 Å². The smallest absolute Gasteiger partial charge is 0.344 e. The van der Waals surface area contributed by atoms with E-state index in [0.717, 1.165) is 16.7 Å². The lowest BCUT2D eigenvalue weighted by atomic mass is 10.1. The van der Waals surface area contributed by atoms with Gasteiger partial charge in [0.2, 0.25) is 0 Å². The van der Waals surface area contributed by atoms with Gasteiger partial charge in [0.15, 0.2) is 23.0 Å². The van der Waals surface area contributed by atoms with Crippen molar-refractivity contribution in [1.82, 2.24) is 4.90 Å². The molecule has 190 valence electrons. The lowest BCUT2D eigenvalue weighted by molar-refractivity contribution is -0.123. The van der Waals surface area contributed by atoms with Crippen molar-refractivity contribution in [3.63, 3.8) is 0 Å². The molecule has 8 nitrogen and oxygen atoms in total. The van der Waals surface area contributed by atoms with Crippen molar-refractivity contribution in [2.75, 3.05) is 27.4 Å². The van der Waals surface area contributed by atoms with Crippen molar-refractivity contribution in [2.24, 2.45) is 0 Å². The molecule has 1 saturated heterocycles. The number of rotatable bonds is 9. The first-order valence-electron chi connectivity index (χ1n) is 11.1. The summed E-state index contributed by atoms with van der Waals surface area (Å²) in [7, 11) is 2.99. The highest BCUT2D eigenvalue weighted by molar-refractivity contribution is 9.10. The predicted octanol–water partition coefficient (Wildman–Crippen LogP) is 5.80. The molecule has 0 atom stereocenters. The maximum atomic E-state index is 12.9. The maximum absolute atomic E-state index is 12.9. The summed E-state index contributed by atoms with van der Waals surface area (Å²) in [4.78, 5) is 39.3. The van der Waals surface area contributed by atoms with Gasteiger partial charge < -0.3 is 18.9 Å². The fourth-order valence-electron chi connectivity index (χ4n) is 3.47. The van der Waals surface area contributed by atoms with Gasteiger partial charge in [0, 0.05) is 4.47 Å². The number of halogens is 1. The summed E-state index contributed by atoms with van der Waals surface area (Å²) >= 11 is 4.18. The molecule has 0 bridgehead atoms. The minimum atomic E-state index is -0.546. The number of imide groups is 1. The average molecular weight is 584 g/mol. The predicted molar refractivity (Wildman–Crippen MR) is 143 cm³/mol. The summed E-state index contributed by atoms with van der Waals surface area (Å²) in [6.45, 7) is 0.213. The lowest BCUT2D eigenvalue weighted by Crippen LogP contribution is -2.32. The molecule has 37 heavy (non-hydrogen) atoms. The summed E-state index contributed by atoms with van der Waals surface area (Å²) in [5, 5.41) is -0.383. The maximum Gasteiger partial charge on any atom is 0.344 e. The molecule has 1 heterocycles. The molecule has 0 radical (unpaired) electrons. The first-order valence-corrected chi connectivity index (χ1v) is 12.7. The Labute approximate surface area is 226 Å². The Bertz CT molecular complexity index is 1370. The number of carbonyl (C=O) groups is 3. The monoisotopic (exact) mass is 583 g/mol. The Hall–Kier alpha value is -3.76. The van der Waals surface area contributed by atoms with Crippen LogP contribution in [0.5, 0.6) is 23.0 Å². The molecule has 1 aliphatic heterocycles. The van der Waals surface area contributed by atoms with Gasteiger partial charge in [0.1, 0.15) is 6.61 Å². The number of hydrogen-bond acceptors (Lipinski definition) is 8. The third-order valence-electron chi connectivity index (χ3n) is 5.30. The number of hydrogen-bond donors (Lipinski definition) is 0. The molecule has 0 unspecified atom stereocenters. The fourth-order valence-corrected chi connectivity index (χ4v) is 4.78. The molecule has 10 heteroatoms. The summed E-state index contributed by atoms with van der Waals surface area (Å²) in [6.07, 6.45) is 1.59. The third kappa shape index (κ3) is 6.15. The average Bonchev–Trinajstić information content (AvgIpc) is 3.17. The largest absolute Gasteiger partial charge is 0.493 e. The molecule has 0 saturated carbocycles. The van der Waals surface area contributed by atoms with E-state index in [4.69, 9.17) is 18.9 Å². The number of benzene rings is 3. The van der Waals surface area contributed by atoms with Gasteiger partial charge in [-0.3, -0.25) is 14.5 Å². The van der Waals surface area contributed by atoms with Crippen LogP contribution in [-0.4, -0.2) is 49.4 Å². The minimum Gasteiger partial charge on any atom is -0.493 e. The van der Waals surface area contributed by atoms with Gasteiger partial charge in [0.25, 0.3) is 11.1 Å². The van der Waals surface area contributed by atoms with E-state index in [2.05, 4.69) is 15.9 Å². The normalized spacial score (nSPS) is 14.1. The van der Waals surface area contributed by atoms with E-state index in [9.17, 15) is 14.4 Å². The Morgan fingerprint density at radius 3 is 2.35 bits per heavy atom. The second kappa shape index (κ2) is 12.0. The number of thioether (sulfide) groups is 1. The standard InChI is InChI=1S/C27H22BrNO7S/c1-33-20-9-5-6-10-21(20)35-14-13-29-25(30)24(37-27(29)32)16-17-11-12-22(23(15-17)34-2)36-26(31)18-7-3-4-8-19(18)28/h3-12,15-16H,13-14H2,1-2H3/b24-16-. The number of amides is 2. The van der Waals surface area contributed by atoms with Crippen LogP contribution in [0.3, 0.4) is 0 Å². The molecule has 2 amide bonds. The van der Waals surface area contributed by atoms with E-state index < -0.39 is 11.9 Å². The van der Waals surface area contributed by atoms with Gasteiger partial charge in [-0.15, -0.1) is 0 Å². The Kier molecular flexibility index (Phi) is 8.52. The first kappa shape index (κ1) is 26.3. The molecule has 0 aromatic heterocycles. The zero-order valence-corrected chi connectivity index (χ0v) is 22.3. The number of nitrogens with zero attached hydrogens (tertiary/aromatic N) is 1. The quantitative estimate of drug-likeness (QED) is 0.177. The van der Waals surface area contributed by atoms with Crippen LogP contribution in [0, 0.1) is 0 Å². The van der Waals surface area contributed by atoms with E-state index in [-0.39, 0.29) is 29.0 Å². The van der Waals surface area contributed by atoms with Crippen LogP contribution < -0.4 is 18.9 Å². The summed E-state index contributed by atoms with van der Waals surface area (Å²) in [5.74, 6) is 0.661. The minimum absolute atomic E-state index is 0.0906. The highest BCUT2D eigenvalue weighted by Gasteiger charge is 2.35. The van der Waals surface area contributed by atoms with Gasteiger partial charge in [-0.25, -0.2) is 4.79 Å². The highest BCUT2D eigenvalue weighted by atomic mass is 79.9. The Morgan fingerprint density at radius 1 is 0.919 bits per heavy atom. The molecule has 1 fully saturated rings. The second-order valence-electron chi connectivity index (χ2n) is 7.61. The van der Waals surface area contributed by atoms with Crippen LogP contribution in [-0.2, 0) is 4.79 Å². The Balaban J connectivity index is 1.43.